The standard InChI is InChI=1S/C16H11N3O6/c17-6-8-5-9(19(23)24)1-2-10(8)18-7-16-4-3-11(25-16)12(15(21)22)13(16)14(18)20/h1-5,11-13H,7H2,(H,21,22). The monoisotopic (exact) mass is 341 g/mol. The number of carbonyl (C=O) groups is 2. The van der Waals surface area contributed by atoms with Crippen LogP contribution in [0.25, 0.3) is 0 Å². The van der Waals surface area contributed by atoms with E-state index in [0.29, 0.717) is 0 Å². The third kappa shape index (κ3) is 1.91. The van der Waals surface area contributed by atoms with Crippen molar-refractivity contribution < 1.29 is 24.4 Å². The molecule has 0 radical (unpaired) electrons. The molecule has 2 bridgehead atoms. The van der Waals surface area contributed by atoms with Crippen LogP contribution in [-0.2, 0) is 14.3 Å². The summed E-state index contributed by atoms with van der Waals surface area (Å²) in [5.74, 6) is -3.42. The molecule has 2 saturated heterocycles. The number of anilines is 1. The SMILES string of the molecule is N#Cc1cc([N+](=O)[O-])ccc1N1CC23C=CC(O2)C(C(=O)O)C3C1=O. The molecule has 25 heavy (non-hydrogen) atoms. The molecule has 4 atom stereocenters. The molecule has 1 aromatic rings. The van der Waals surface area contributed by atoms with E-state index in [4.69, 9.17) is 4.74 Å². The summed E-state index contributed by atoms with van der Waals surface area (Å²) in [6.07, 6.45) is 2.71. The lowest BCUT2D eigenvalue weighted by atomic mass is 9.77. The van der Waals surface area contributed by atoms with Gasteiger partial charge in [0.15, 0.2) is 0 Å². The Bertz CT molecular complexity index is 904. The van der Waals surface area contributed by atoms with Crippen molar-refractivity contribution in [3.63, 3.8) is 0 Å². The van der Waals surface area contributed by atoms with E-state index in [1.165, 1.54) is 17.0 Å². The minimum Gasteiger partial charge on any atom is -0.481 e. The topological polar surface area (TPSA) is 134 Å². The van der Waals surface area contributed by atoms with Crippen LogP contribution in [0.2, 0.25) is 0 Å². The first kappa shape index (κ1) is 15.3. The predicted molar refractivity (Wildman–Crippen MR) is 81.5 cm³/mol. The van der Waals surface area contributed by atoms with E-state index in [2.05, 4.69) is 0 Å². The molecule has 0 saturated carbocycles. The van der Waals surface area contributed by atoms with Crippen LogP contribution in [-0.4, -0.2) is 40.2 Å². The number of nitro benzene ring substituents is 1. The van der Waals surface area contributed by atoms with Crippen molar-refractivity contribution in [2.24, 2.45) is 11.8 Å². The number of amides is 1. The Kier molecular flexibility index (Phi) is 2.98. The number of carboxylic acids is 1. The summed E-state index contributed by atoms with van der Waals surface area (Å²) in [6, 6.07) is 5.49. The Balaban J connectivity index is 1.76. The molecule has 4 rings (SSSR count). The lowest BCUT2D eigenvalue weighted by Crippen LogP contribution is -2.39. The van der Waals surface area contributed by atoms with Crippen molar-refractivity contribution in [3.05, 3.63) is 46.0 Å². The zero-order valence-corrected chi connectivity index (χ0v) is 12.7. The number of non-ortho nitro benzene ring substituents is 1. The molecule has 3 heterocycles. The highest BCUT2D eigenvalue weighted by Gasteiger charge is 2.67. The van der Waals surface area contributed by atoms with Gasteiger partial charge in [0, 0.05) is 12.1 Å². The van der Waals surface area contributed by atoms with Crippen LogP contribution >= 0.6 is 0 Å². The maximum Gasteiger partial charge on any atom is 0.310 e. The van der Waals surface area contributed by atoms with Gasteiger partial charge in [-0.05, 0) is 6.07 Å². The number of nitro groups is 1. The number of hydrogen-bond donors (Lipinski definition) is 1. The third-order valence-electron chi connectivity index (χ3n) is 4.99. The number of fused-ring (bicyclic) bond motifs is 1. The van der Waals surface area contributed by atoms with Crippen molar-refractivity contribution in [3.8, 4) is 6.07 Å². The zero-order valence-electron chi connectivity index (χ0n) is 12.7. The lowest BCUT2D eigenvalue weighted by molar-refractivity contribution is -0.384. The summed E-state index contributed by atoms with van der Waals surface area (Å²) in [5.41, 5.74) is -1.10. The first-order chi connectivity index (χ1) is 11.9. The second-order valence-corrected chi connectivity index (χ2v) is 6.23. The molecular weight excluding hydrogens is 330 g/mol. The summed E-state index contributed by atoms with van der Waals surface area (Å²) >= 11 is 0. The van der Waals surface area contributed by atoms with E-state index in [1.54, 1.807) is 12.2 Å². The molecule has 9 heteroatoms. The van der Waals surface area contributed by atoms with Gasteiger partial charge < -0.3 is 14.7 Å². The molecule has 1 aromatic carbocycles. The van der Waals surface area contributed by atoms with Gasteiger partial charge in [-0.15, -0.1) is 0 Å². The van der Waals surface area contributed by atoms with Crippen molar-refractivity contribution in [2.45, 2.75) is 11.7 Å². The van der Waals surface area contributed by atoms with Crippen molar-refractivity contribution >= 4 is 23.3 Å². The minimum absolute atomic E-state index is 0.0238. The number of ether oxygens (including phenoxy) is 1. The second kappa shape index (κ2) is 4.87. The smallest absolute Gasteiger partial charge is 0.310 e. The van der Waals surface area contributed by atoms with Crippen molar-refractivity contribution in [1.29, 1.82) is 5.26 Å². The van der Waals surface area contributed by atoms with Gasteiger partial charge in [-0.25, -0.2) is 0 Å². The summed E-state index contributed by atoms with van der Waals surface area (Å²) < 4.78 is 5.77. The Morgan fingerprint density at radius 2 is 2.28 bits per heavy atom. The largest absolute Gasteiger partial charge is 0.481 e. The molecule has 1 spiro atoms. The molecular formula is C16H11N3O6. The molecule has 4 unspecified atom stereocenters. The number of nitriles is 1. The van der Waals surface area contributed by atoms with Crippen LogP contribution in [0.5, 0.6) is 0 Å². The summed E-state index contributed by atoms with van der Waals surface area (Å²) in [7, 11) is 0. The lowest BCUT2D eigenvalue weighted by Gasteiger charge is -2.22. The first-order valence-corrected chi connectivity index (χ1v) is 7.48. The van der Waals surface area contributed by atoms with Gasteiger partial charge in [-0.2, -0.15) is 5.26 Å². The van der Waals surface area contributed by atoms with Gasteiger partial charge in [0.25, 0.3) is 5.69 Å². The van der Waals surface area contributed by atoms with E-state index in [1.807, 2.05) is 6.07 Å². The van der Waals surface area contributed by atoms with Crippen LogP contribution < -0.4 is 4.90 Å². The van der Waals surface area contributed by atoms with Crippen LogP contribution in [0.3, 0.4) is 0 Å². The maximum absolute atomic E-state index is 12.9. The highest BCUT2D eigenvalue weighted by Crippen LogP contribution is 2.52. The molecule has 126 valence electrons. The predicted octanol–water partition coefficient (Wildman–Crippen LogP) is 0.837. The number of carbonyl (C=O) groups excluding carboxylic acids is 1. The molecule has 1 amide bonds. The number of hydrogen-bond acceptors (Lipinski definition) is 6. The van der Waals surface area contributed by atoms with E-state index in [-0.39, 0.29) is 23.5 Å². The fourth-order valence-corrected chi connectivity index (χ4v) is 3.95. The highest BCUT2D eigenvalue weighted by atomic mass is 16.6. The Morgan fingerprint density at radius 1 is 1.52 bits per heavy atom. The van der Waals surface area contributed by atoms with Crippen molar-refractivity contribution in [2.75, 3.05) is 11.4 Å². The Hall–Kier alpha value is -3.25. The van der Waals surface area contributed by atoms with Gasteiger partial charge in [0.2, 0.25) is 5.91 Å². The third-order valence-corrected chi connectivity index (χ3v) is 4.99. The molecule has 0 aliphatic carbocycles. The normalized spacial score (nSPS) is 31.9. The summed E-state index contributed by atoms with van der Waals surface area (Å²) in [6.45, 7) is 0.0692. The van der Waals surface area contributed by atoms with Gasteiger partial charge in [-0.3, -0.25) is 19.7 Å². The van der Waals surface area contributed by atoms with E-state index >= 15 is 0 Å². The van der Waals surface area contributed by atoms with Crippen LogP contribution in [0.15, 0.2) is 30.4 Å². The molecule has 3 aliphatic rings. The second-order valence-electron chi connectivity index (χ2n) is 6.23. The van der Waals surface area contributed by atoms with Crippen molar-refractivity contribution in [1.82, 2.24) is 0 Å². The molecule has 9 nitrogen and oxygen atoms in total. The molecule has 3 aliphatic heterocycles. The number of carboxylic acid groups (broad SMARTS) is 1. The van der Waals surface area contributed by atoms with E-state index in [9.17, 15) is 30.1 Å². The Morgan fingerprint density at radius 3 is 2.92 bits per heavy atom. The molecule has 0 aromatic heterocycles. The fraction of sp³-hybridized carbons (Fsp3) is 0.312. The van der Waals surface area contributed by atoms with Gasteiger partial charge in [0.1, 0.15) is 17.6 Å². The van der Waals surface area contributed by atoms with E-state index in [0.717, 1.165) is 6.07 Å². The number of benzene rings is 1. The fourth-order valence-electron chi connectivity index (χ4n) is 3.95. The maximum atomic E-state index is 12.9. The van der Waals surface area contributed by atoms with Crippen LogP contribution in [0.1, 0.15) is 5.56 Å². The van der Waals surface area contributed by atoms with Gasteiger partial charge in [-0.1, -0.05) is 12.2 Å². The van der Waals surface area contributed by atoms with Crippen LogP contribution in [0.4, 0.5) is 11.4 Å². The molecule has 2 fully saturated rings. The average Bonchev–Trinajstić information content (AvgIpc) is 3.22. The number of nitrogens with zero attached hydrogens (tertiary/aromatic N) is 3. The molecule has 1 N–H and O–H groups in total. The van der Waals surface area contributed by atoms with Crippen LogP contribution in [0, 0.1) is 33.3 Å². The highest BCUT2D eigenvalue weighted by molar-refractivity contribution is 6.03. The summed E-state index contributed by atoms with van der Waals surface area (Å²) in [4.78, 5) is 36.0. The van der Waals surface area contributed by atoms with Gasteiger partial charge in [0.05, 0.1) is 34.7 Å². The summed E-state index contributed by atoms with van der Waals surface area (Å²) in [5, 5.41) is 29.6. The first-order valence-electron chi connectivity index (χ1n) is 7.48. The van der Waals surface area contributed by atoms with E-state index < -0.39 is 40.3 Å². The minimum atomic E-state index is -1.11. The zero-order chi connectivity index (χ0) is 17.9. The van der Waals surface area contributed by atoms with Gasteiger partial charge >= 0.3 is 5.97 Å². The average molecular weight is 341 g/mol. The number of rotatable bonds is 3. The quantitative estimate of drug-likeness (QED) is 0.489. The Labute approximate surface area is 140 Å². The number of aliphatic carboxylic acids is 1.